The predicted octanol–water partition coefficient (Wildman–Crippen LogP) is 0.544. The number of para-hydroxylation sites is 1. The highest BCUT2D eigenvalue weighted by atomic mass is 32.2. The fourth-order valence-electron chi connectivity index (χ4n) is 4.58. The maximum Gasteiger partial charge on any atom is 0.326 e. The molecule has 0 spiro atoms. The lowest BCUT2D eigenvalue weighted by Crippen LogP contribution is -2.58. The number of phenolic OH excluding ortho intramolecular Hbond substituents is 1. The highest BCUT2D eigenvalue weighted by Gasteiger charge is 2.30. The van der Waals surface area contributed by atoms with Gasteiger partial charge in [-0.05, 0) is 60.6 Å². The molecule has 3 aromatic rings. The van der Waals surface area contributed by atoms with Crippen LogP contribution >= 0.6 is 11.8 Å². The number of hydrogen-bond acceptors (Lipinski definition) is 8. The fourth-order valence-corrected chi connectivity index (χ4v) is 5.05. The van der Waals surface area contributed by atoms with E-state index in [1.165, 1.54) is 23.9 Å². The van der Waals surface area contributed by atoms with Crippen LogP contribution in [0.2, 0.25) is 0 Å². The van der Waals surface area contributed by atoms with Crippen molar-refractivity contribution in [1.29, 1.82) is 0 Å². The highest BCUT2D eigenvalue weighted by Crippen LogP contribution is 2.19. The van der Waals surface area contributed by atoms with Gasteiger partial charge in [0.15, 0.2) is 0 Å². The van der Waals surface area contributed by atoms with Crippen molar-refractivity contribution in [3.05, 3.63) is 65.9 Å². The molecule has 4 unspecified atom stereocenters. The second-order valence-electron chi connectivity index (χ2n) is 10.3. The van der Waals surface area contributed by atoms with Gasteiger partial charge in [-0.25, -0.2) is 4.79 Å². The molecule has 13 nitrogen and oxygen atoms in total. The number of aromatic hydroxyl groups is 1. The van der Waals surface area contributed by atoms with E-state index in [1.807, 2.05) is 30.5 Å². The minimum Gasteiger partial charge on any atom is -0.508 e. The summed E-state index contributed by atoms with van der Waals surface area (Å²) in [4.78, 5) is 65.9. The average Bonchev–Trinajstić information content (AvgIpc) is 3.40. The lowest BCUT2D eigenvalue weighted by molar-refractivity contribution is -0.142. The van der Waals surface area contributed by atoms with Crippen LogP contribution in [0.5, 0.6) is 5.75 Å². The van der Waals surface area contributed by atoms with Crippen molar-refractivity contribution in [3.63, 3.8) is 0 Å². The van der Waals surface area contributed by atoms with Crippen LogP contribution in [0.1, 0.15) is 30.4 Å². The topological polar surface area (TPSA) is 230 Å². The number of fused-ring (bicyclic) bond motifs is 1. The number of carbonyl (C=O) groups is 5. The lowest BCUT2D eigenvalue weighted by Gasteiger charge is -2.25. The van der Waals surface area contributed by atoms with Crippen molar-refractivity contribution in [1.82, 2.24) is 20.9 Å². The van der Waals surface area contributed by atoms with Crippen LogP contribution in [0, 0.1) is 0 Å². The van der Waals surface area contributed by atoms with E-state index < -0.39 is 53.8 Å². The Morgan fingerprint density at radius 3 is 2.16 bits per heavy atom. The molecule has 2 aromatic carbocycles. The van der Waals surface area contributed by atoms with Gasteiger partial charge < -0.3 is 42.6 Å². The normalized spacial score (nSPS) is 13.8. The Hall–Kier alpha value is -4.56. The van der Waals surface area contributed by atoms with E-state index in [0.717, 1.165) is 16.5 Å². The van der Waals surface area contributed by atoms with Crippen LogP contribution in [0.25, 0.3) is 10.9 Å². The van der Waals surface area contributed by atoms with Crippen LogP contribution < -0.4 is 27.4 Å². The van der Waals surface area contributed by atoms with Gasteiger partial charge in [0.05, 0.1) is 6.04 Å². The molecule has 1 aromatic heterocycles. The first-order valence-corrected chi connectivity index (χ1v) is 15.4. The van der Waals surface area contributed by atoms with Crippen molar-refractivity contribution in [2.75, 3.05) is 12.0 Å². The molecule has 4 atom stereocenters. The number of thioether (sulfide) groups is 1. The number of phenols is 1. The number of carboxylic acid groups (broad SMARTS) is 1. The molecule has 0 fully saturated rings. The van der Waals surface area contributed by atoms with E-state index in [4.69, 9.17) is 11.5 Å². The second kappa shape index (κ2) is 16.3. The van der Waals surface area contributed by atoms with Gasteiger partial charge >= 0.3 is 5.97 Å². The first kappa shape index (κ1) is 33.9. The summed E-state index contributed by atoms with van der Waals surface area (Å²) in [5.74, 6) is -3.60. The zero-order valence-corrected chi connectivity index (χ0v) is 25.1. The Bertz CT molecular complexity index is 1460. The zero-order chi connectivity index (χ0) is 32.2. The van der Waals surface area contributed by atoms with Crippen molar-refractivity contribution < 1.29 is 34.2 Å². The molecule has 14 heteroatoms. The molecule has 4 amide bonds. The second-order valence-corrected chi connectivity index (χ2v) is 11.3. The summed E-state index contributed by atoms with van der Waals surface area (Å²) in [7, 11) is 0. The Morgan fingerprint density at radius 1 is 0.864 bits per heavy atom. The number of nitrogens with one attached hydrogen (secondary N) is 4. The minimum atomic E-state index is -1.39. The summed E-state index contributed by atoms with van der Waals surface area (Å²) < 4.78 is 0. The third-order valence-corrected chi connectivity index (χ3v) is 7.64. The molecule has 236 valence electrons. The van der Waals surface area contributed by atoms with Gasteiger partial charge in [-0.3, -0.25) is 19.2 Å². The molecule has 0 saturated heterocycles. The Balaban J connectivity index is 1.77. The van der Waals surface area contributed by atoms with E-state index in [9.17, 15) is 34.2 Å². The van der Waals surface area contributed by atoms with Crippen molar-refractivity contribution in [2.24, 2.45) is 11.5 Å². The highest BCUT2D eigenvalue weighted by molar-refractivity contribution is 7.98. The maximum atomic E-state index is 13.6. The first-order valence-electron chi connectivity index (χ1n) is 14.0. The maximum absolute atomic E-state index is 13.6. The molecule has 3 rings (SSSR count). The Labute approximate surface area is 258 Å². The van der Waals surface area contributed by atoms with Gasteiger partial charge in [-0.2, -0.15) is 11.8 Å². The lowest BCUT2D eigenvalue weighted by atomic mass is 10.0. The molecule has 0 aliphatic heterocycles. The number of amides is 4. The fraction of sp³-hybridized carbons (Fsp3) is 0.367. The van der Waals surface area contributed by atoms with Crippen LogP contribution in [0.4, 0.5) is 0 Å². The minimum absolute atomic E-state index is 0.0187. The number of benzene rings is 2. The van der Waals surface area contributed by atoms with Crippen LogP contribution in [0.3, 0.4) is 0 Å². The van der Waals surface area contributed by atoms with Gasteiger partial charge in [0.25, 0.3) is 0 Å². The summed E-state index contributed by atoms with van der Waals surface area (Å²) in [6.45, 7) is 0. The first-order chi connectivity index (χ1) is 21.0. The number of primary amides is 1. The summed E-state index contributed by atoms with van der Waals surface area (Å²) in [5.41, 5.74) is 13.7. The van der Waals surface area contributed by atoms with Gasteiger partial charge in [0.2, 0.25) is 23.6 Å². The molecule has 0 radical (unpaired) electrons. The Morgan fingerprint density at radius 2 is 1.50 bits per heavy atom. The van der Waals surface area contributed by atoms with E-state index in [0.29, 0.717) is 11.3 Å². The predicted molar refractivity (Wildman–Crippen MR) is 167 cm³/mol. The summed E-state index contributed by atoms with van der Waals surface area (Å²) in [6.07, 6.45) is 3.51. The monoisotopic (exact) mass is 626 g/mol. The number of H-pyrrole nitrogens is 1. The van der Waals surface area contributed by atoms with E-state index in [-0.39, 0.29) is 37.9 Å². The van der Waals surface area contributed by atoms with Gasteiger partial charge in [-0.15, -0.1) is 0 Å². The van der Waals surface area contributed by atoms with Gasteiger partial charge in [-0.1, -0.05) is 30.3 Å². The number of hydrogen-bond donors (Lipinski definition) is 8. The SMILES string of the molecule is CSCCC(NC(=O)C(Cc1ccc(O)cc1)NC(=O)C(N)Cc1c[nH]c2ccccc12)C(=O)NC(CCC(N)=O)C(=O)O. The number of rotatable bonds is 17. The van der Waals surface area contributed by atoms with Crippen molar-refractivity contribution in [3.8, 4) is 5.75 Å². The molecule has 1 heterocycles. The summed E-state index contributed by atoms with van der Waals surface area (Å²) in [5, 5.41) is 27.8. The molecule has 44 heavy (non-hydrogen) atoms. The summed E-state index contributed by atoms with van der Waals surface area (Å²) in [6, 6.07) is 8.99. The van der Waals surface area contributed by atoms with Crippen LogP contribution in [-0.4, -0.2) is 81.0 Å². The molecule has 10 N–H and O–H groups in total. The Kier molecular flexibility index (Phi) is 12.6. The molecular weight excluding hydrogens is 588 g/mol. The number of aromatic nitrogens is 1. The number of nitrogens with two attached hydrogens (primary N) is 2. The van der Waals surface area contributed by atoms with E-state index >= 15 is 0 Å². The zero-order valence-electron chi connectivity index (χ0n) is 24.2. The van der Waals surface area contributed by atoms with Crippen LogP contribution in [0.15, 0.2) is 54.7 Å². The average molecular weight is 627 g/mol. The smallest absolute Gasteiger partial charge is 0.326 e. The van der Waals surface area contributed by atoms with Crippen molar-refractivity contribution >= 4 is 52.3 Å². The van der Waals surface area contributed by atoms with E-state index in [1.54, 1.807) is 18.3 Å². The molecule has 0 saturated carbocycles. The third kappa shape index (κ3) is 10.0. The quantitative estimate of drug-likeness (QED) is 0.104. The molecular formula is C30H38N6O7S. The molecule has 0 aliphatic carbocycles. The van der Waals surface area contributed by atoms with Crippen molar-refractivity contribution in [2.45, 2.75) is 56.3 Å². The largest absolute Gasteiger partial charge is 0.508 e. The summed E-state index contributed by atoms with van der Waals surface area (Å²) >= 11 is 1.42. The number of carboxylic acids is 1. The molecule has 0 aliphatic rings. The number of carbonyl (C=O) groups excluding carboxylic acids is 4. The van der Waals surface area contributed by atoms with Gasteiger partial charge in [0.1, 0.15) is 23.9 Å². The van der Waals surface area contributed by atoms with Crippen LogP contribution in [-0.2, 0) is 36.8 Å². The number of aromatic amines is 1. The van der Waals surface area contributed by atoms with Gasteiger partial charge in [0, 0.05) is 29.9 Å². The number of aliphatic carboxylic acids is 1. The third-order valence-electron chi connectivity index (χ3n) is 7.00. The molecule has 0 bridgehead atoms. The van der Waals surface area contributed by atoms with E-state index in [2.05, 4.69) is 20.9 Å². The standard InChI is InChI=1S/C30H38N6O7S/c1-44-13-12-23(28(40)35-24(30(42)43)10-11-26(32)38)34-29(41)25(14-17-6-8-19(37)9-7-17)36-27(39)21(31)15-18-16-33-22-5-3-2-4-20(18)22/h2-9,16,21,23-25,33,37H,10-15,31H2,1H3,(H2,32,38)(H,34,41)(H,35,40)(H,36,39)(H,42,43).